The van der Waals surface area contributed by atoms with Gasteiger partial charge in [0.1, 0.15) is 0 Å². The predicted molar refractivity (Wildman–Crippen MR) is 104 cm³/mol. The topological polar surface area (TPSA) is 24.1 Å². The molecule has 0 amide bonds. The van der Waals surface area contributed by atoms with Crippen molar-refractivity contribution in [2.24, 2.45) is 0 Å². The fraction of sp³-hybridized carbons (Fsp3) is 0.350. The molecule has 0 fully saturated rings. The molecule has 3 heteroatoms. The molecule has 2 rings (SSSR count). The van der Waals surface area contributed by atoms with Crippen molar-refractivity contribution in [1.82, 2.24) is 5.32 Å². The number of anilines is 1. The van der Waals surface area contributed by atoms with E-state index in [1.54, 1.807) is 0 Å². The molecule has 2 nitrogen and oxygen atoms in total. The fourth-order valence-electron chi connectivity index (χ4n) is 2.65. The van der Waals surface area contributed by atoms with E-state index in [4.69, 9.17) is 12.2 Å². The van der Waals surface area contributed by atoms with E-state index >= 15 is 0 Å². The maximum atomic E-state index is 5.46. The number of para-hydroxylation sites is 1. The lowest BCUT2D eigenvalue weighted by atomic mass is 10.0. The summed E-state index contributed by atoms with van der Waals surface area (Å²) in [7, 11) is 0. The third kappa shape index (κ3) is 5.07. The van der Waals surface area contributed by atoms with Crippen molar-refractivity contribution in [2.45, 2.75) is 46.1 Å². The Bertz CT molecular complexity index is 634. The largest absolute Gasteiger partial charge is 0.356 e. The number of nitrogens with one attached hydrogen (secondary N) is 2. The first-order valence-electron chi connectivity index (χ1n) is 8.38. The third-order valence-electron chi connectivity index (χ3n) is 4.01. The number of benzene rings is 2. The molecule has 0 spiro atoms. The molecule has 0 saturated heterocycles. The van der Waals surface area contributed by atoms with E-state index in [1.165, 1.54) is 23.1 Å². The van der Waals surface area contributed by atoms with Crippen LogP contribution in [0.25, 0.3) is 0 Å². The maximum absolute atomic E-state index is 5.46. The molecule has 1 atom stereocenters. The van der Waals surface area contributed by atoms with Crippen molar-refractivity contribution in [1.29, 1.82) is 0 Å². The van der Waals surface area contributed by atoms with E-state index in [0.717, 1.165) is 18.5 Å². The monoisotopic (exact) mass is 326 g/mol. The van der Waals surface area contributed by atoms with Crippen molar-refractivity contribution in [3.63, 3.8) is 0 Å². The van der Waals surface area contributed by atoms with E-state index in [0.29, 0.717) is 5.11 Å². The van der Waals surface area contributed by atoms with Crippen LogP contribution < -0.4 is 10.6 Å². The first-order valence-corrected chi connectivity index (χ1v) is 8.79. The quantitative estimate of drug-likeness (QED) is 0.709. The van der Waals surface area contributed by atoms with E-state index < -0.39 is 0 Å². The zero-order valence-corrected chi connectivity index (χ0v) is 15.0. The van der Waals surface area contributed by atoms with Gasteiger partial charge in [0, 0.05) is 5.69 Å². The SMILES string of the molecule is CCCc1ccc([C@H](C)NC(=S)Nc2ccccc2CC)cc1. The highest BCUT2D eigenvalue weighted by molar-refractivity contribution is 7.80. The molecule has 0 aliphatic rings. The Balaban J connectivity index is 1.96. The zero-order valence-electron chi connectivity index (χ0n) is 14.2. The highest BCUT2D eigenvalue weighted by atomic mass is 32.1. The second kappa shape index (κ2) is 8.68. The second-order valence-corrected chi connectivity index (χ2v) is 6.23. The Labute approximate surface area is 145 Å². The Hall–Kier alpha value is -1.87. The zero-order chi connectivity index (χ0) is 16.7. The Kier molecular flexibility index (Phi) is 6.60. The maximum Gasteiger partial charge on any atom is 0.171 e. The number of hydrogen-bond donors (Lipinski definition) is 2. The van der Waals surface area contributed by atoms with Gasteiger partial charge in [0.05, 0.1) is 6.04 Å². The summed E-state index contributed by atoms with van der Waals surface area (Å²) in [5.74, 6) is 0. The van der Waals surface area contributed by atoms with Crippen molar-refractivity contribution in [2.75, 3.05) is 5.32 Å². The van der Waals surface area contributed by atoms with Crippen LogP contribution in [-0.4, -0.2) is 5.11 Å². The molecule has 23 heavy (non-hydrogen) atoms. The fourth-order valence-corrected chi connectivity index (χ4v) is 2.94. The smallest absolute Gasteiger partial charge is 0.171 e. The number of thiocarbonyl (C=S) groups is 1. The summed E-state index contributed by atoms with van der Waals surface area (Å²) in [6.45, 7) is 6.49. The lowest BCUT2D eigenvalue weighted by Crippen LogP contribution is -2.31. The van der Waals surface area contributed by atoms with Crippen LogP contribution in [0.15, 0.2) is 48.5 Å². The Morgan fingerprint density at radius 2 is 1.74 bits per heavy atom. The second-order valence-electron chi connectivity index (χ2n) is 5.82. The van der Waals surface area contributed by atoms with Gasteiger partial charge in [-0.25, -0.2) is 0 Å². The molecule has 2 aromatic rings. The lowest BCUT2D eigenvalue weighted by Gasteiger charge is -2.19. The van der Waals surface area contributed by atoms with Gasteiger partial charge < -0.3 is 10.6 Å². The minimum Gasteiger partial charge on any atom is -0.356 e. The van der Waals surface area contributed by atoms with Crippen LogP contribution in [-0.2, 0) is 12.8 Å². The normalized spacial score (nSPS) is 11.8. The molecule has 0 unspecified atom stereocenters. The van der Waals surface area contributed by atoms with Gasteiger partial charge in [-0.2, -0.15) is 0 Å². The van der Waals surface area contributed by atoms with Gasteiger partial charge in [0.25, 0.3) is 0 Å². The van der Waals surface area contributed by atoms with Crippen molar-refractivity contribution in [3.05, 3.63) is 65.2 Å². The average Bonchev–Trinajstić information content (AvgIpc) is 2.56. The Morgan fingerprint density at radius 1 is 1.04 bits per heavy atom. The summed E-state index contributed by atoms with van der Waals surface area (Å²) in [5, 5.41) is 7.34. The van der Waals surface area contributed by atoms with Gasteiger partial charge in [0.15, 0.2) is 5.11 Å². The molecule has 122 valence electrons. The Morgan fingerprint density at radius 3 is 2.39 bits per heavy atom. The molecule has 2 aromatic carbocycles. The summed E-state index contributed by atoms with van der Waals surface area (Å²) < 4.78 is 0. The van der Waals surface area contributed by atoms with Crippen LogP contribution in [0.5, 0.6) is 0 Å². The van der Waals surface area contributed by atoms with Gasteiger partial charge in [-0.15, -0.1) is 0 Å². The molecule has 0 radical (unpaired) electrons. The third-order valence-corrected chi connectivity index (χ3v) is 4.23. The summed E-state index contributed by atoms with van der Waals surface area (Å²) in [6, 6.07) is 17.2. The minimum absolute atomic E-state index is 0.180. The standard InChI is InChI=1S/C20H26N2S/c1-4-8-16-11-13-18(14-12-16)15(3)21-20(23)22-19-10-7-6-9-17(19)5-2/h6-7,9-15H,4-5,8H2,1-3H3,(H2,21,22,23)/t15-/m0/s1. The average molecular weight is 327 g/mol. The molecule has 0 aromatic heterocycles. The van der Waals surface area contributed by atoms with Crippen molar-refractivity contribution in [3.8, 4) is 0 Å². The van der Waals surface area contributed by atoms with E-state index in [1.807, 2.05) is 6.07 Å². The molecule has 0 bridgehead atoms. The van der Waals surface area contributed by atoms with Crippen LogP contribution >= 0.6 is 12.2 Å². The van der Waals surface area contributed by atoms with Gasteiger partial charge in [-0.05, 0) is 54.7 Å². The summed E-state index contributed by atoms with van der Waals surface area (Å²) in [4.78, 5) is 0. The number of hydrogen-bond acceptors (Lipinski definition) is 1. The van der Waals surface area contributed by atoms with Crippen molar-refractivity contribution >= 4 is 23.0 Å². The minimum atomic E-state index is 0.180. The van der Waals surface area contributed by atoms with E-state index in [-0.39, 0.29) is 6.04 Å². The van der Waals surface area contributed by atoms with Gasteiger partial charge in [-0.1, -0.05) is 62.7 Å². The highest BCUT2D eigenvalue weighted by Crippen LogP contribution is 2.17. The molecule has 0 aliphatic heterocycles. The summed E-state index contributed by atoms with van der Waals surface area (Å²) in [5.41, 5.74) is 4.99. The predicted octanol–water partition coefficient (Wildman–Crippen LogP) is 5.25. The number of aryl methyl sites for hydroxylation is 2. The number of rotatable bonds is 6. The van der Waals surface area contributed by atoms with Crippen LogP contribution in [0.4, 0.5) is 5.69 Å². The first kappa shape index (κ1) is 17.5. The van der Waals surface area contributed by atoms with Gasteiger partial charge in [0.2, 0.25) is 0 Å². The van der Waals surface area contributed by atoms with Crippen LogP contribution in [0.2, 0.25) is 0 Å². The van der Waals surface area contributed by atoms with Crippen LogP contribution in [0, 0.1) is 0 Å². The molecule has 0 saturated carbocycles. The molecule has 0 aliphatic carbocycles. The van der Waals surface area contributed by atoms with E-state index in [9.17, 15) is 0 Å². The molecule has 2 N–H and O–H groups in total. The van der Waals surface area contributed by atoms with E-state index in [2.05, 4.69) is 73.9 Å². The molecular formula is C20H26N2S. The first-order chi connectivity index (χ1) is 11.1. The van der Waals surface area contributed by atoms with Crippen LogP contribution in [0.1, 0.15) is 49.9 Å². The highest BCUT2D eigenvalue weighted by Gasteiger charge is 2.08. The summed E-state index contributed by atoms with van der Waals surface area (Å²) in [6.07, 6.45) is 3.30. The van der Waals surface area contributed by atoms with Gasteiger partial charge >= 0.3 is 0 Å². The molecule has 0 heterocycles. The molecular weight excluding hydrogens is 300 g/mol. The summed E-state index contributed by atoms with van der Waals surface area (Å²) >= 11 is 5.46. The van der Waals surface area contributed by atoms with Gasteiger partial charge in [-0.3, -0.25) is 0 Å². The van der Waals surface area contributed by atoms with Crippen LogP contribution in [0.3, 0.4) is 0 Å². The lowest BCUT2D eigenvalue weighted by molar-refractivity contribution is 0.721. The van der Waals surface area contributed by atoms with Crippen molar-refractivity contribution < 1.29 is 0 Å².